The first-order valence-corrected chi connectivity index (χ1v) is 10.0. The third-order valence-electron chi connectivity index (χ3n) is 5.53. The van der Waals surface area contributed by atoms with Gasteiger partial charge >= 0.3 is 0 Å². The largest absolute Gasteiger partial charge is 0.369 e. The van der Waals surface area contributed by atoms with Crippen LogP contribution in [-0.2, 0) is 10.2 Å². The minimum Gasteiger partial charge on any atom is -0.369 e. The molecule has 1 fully saturated rings. The first kappa shape index (κ1) is 18.0. The topological polar surface area (TPSA) is 43.1 Å². The van der Waals surface area contributed by atoms with Crippen LogP contribution in [0.25, 0.3) is 0 Å². The molecule has 25 heavy (non-hydrogen) atoms. The monoisotopic (exact) mass is 355 g/mol. The van der Waals surface area contributed by atoms with E-state index in [4.69, 9.17) is 5.73 Å². The number of carbonyl (C=O) groups is 1. The Balaban J connectivity index is 2.00. The van der Waals surface area contributed by atoms with Crippen LogP contribution in [-0.4, -0.2) is 48.6 Å². The third kappa shape index (κ3) is 3.75. The van der Waals surface area contributed by atoms with E-state index in [1.54, 1.807) is 0 Å². The summed E-state index contributed by atoms with van der Waals surface area (Å²) in [5.41, 5.74) is 7.26. The van der Waals surface area contributed by atoms with E-state index < -0.39 is 5.41 Å². The Morgan fingerprint density at radius 2 is 1.48 bits per heavy atom. The third-order valence-corrected chi connectivity index (χ3v) is 6.47. The van der Waals surface area contributed by atoms with Gasteiger partial charge in [-0.1, -0.05) is 60.7 Å². The van der Waals surface area contributed by atoms with E-state index >= 15 is 0 Å². The Bertz CT molecular complexity index is 657. The average Bonchev–Trinajstić information content (AvgIpc) is 2.64. The summed E-state index contributed by atoms with van der Waals surface area (Å²) in [4.78, 5) is 12.8. The van der Waals surface area contributed by atoms with E-state index in [-0.39, 0.29) is 5.91 Å². The molecule has 1 aliphatic rings. The number of quaternary nitrogens is 1. The molecule has 0 atom stereocenters. The second-order valence-electron chi connectivity index (χ2n) is 7.15. The second-order valence-corrected chi connectivity index (χ2v) is 8.38. The van der Waals surface area contributed by atoms with Crippen molar-refractivity contribution in [1.82, 2.24) is 0 Å². The van der Waals surface area contributed by atoms with Gasteiger partial charge in [0.2, 0.25) is 5.91 Å². The fourth-order valence-corrected chi connectivity index (χ4v) is 5.10. The first-order chi connectivity index (χ1) is 12.1. The number of primary amides is 1. The van der Waals surface area contributed by atoms with Crippen LogP contribution >= 0.6 is 11.8 Å². The van der Waals surface area contributed by atoms with Gasteiger partial charge < -0.3 is 10.2 Å². The molecular formula is C21H27N2OS+. The molecule has 4 heteroatoms. The lowest BCUT2D eigenvalue weighted by molar-refractivity contribution is -0.906. The molecule has 1 saturated heterocycles. The number of thioether (sulfide) groups is 1. The number of amides is 1. The number of nitrogens with zero attached hydrogens (tertiary/aromatic N) is 1. The number of benzene rings is 2. The molecule has 0 bridgehead atoms. The summed E-state index contributed by atoms with van der Waals surface area (Å²) in [5, 5.41) is 0. The van der Waals surface area contributed by atoms with Gasteiger partial charge in [0.05, 0.1) is 26.7 Å². The first-order valence-electron chi connectivity index (χ1n) is 8.89. The van der Waals surface area contributed by atoms with Crippen molar-refractivity contribution >= 4 is 17.7 Å². The van der Waals surface area contributed by atoms with Crippen LogP contribution in [0.2, 0.25) is 0 Å². The van der Waals surface area contributed by atoms with Gasteiger partial charge in [0, 0.05) is 17.9 Å². The maximum absolute atomic E-state index is 12.8. The van der Waals surface area contributed by atoms with E-state index in [0.29, 0.717) is 0 Å². The molecule has 0 aromatic heterocycles. The normalized spacial score (nSPS) is 17.2. The smallest absolute Gasteiger partial charge is 0.232 e. The van der Waals surface area contributed by atoms with Crippen LogP contribution in [0, 0.1) is 0 Å². The molecule has 1 aliphatic heterocycles. The molecule has 2 N–H and O–H groups in total. The number of hydrogen-bond acceptors (Lipinski definition) is 2. The second kappa shape index (κ2) is 7.63. The lowest BCUT2D eigenvalue weighted by Gasteiger charge is -2.41. The zero-order valence-electron chi connectivity index (χ0n) is 14.9. The molecule has 2 aromatic carbocycles. The van der Waals surface area contributed by atoms with Gasteiger partial charge in [-0.05, 0) is 11.1 Å². The van der Waals surface area contributed by atoms with Crippen molar-refractivity contribution in [2.45, 2.75) is 11.8 Å². The summed E-state index contributed by atoms with van der Waals surface area (Å²) in [6.07, 6.45) is 0.734. The van der Waals surface area contributed by atoms with Crippen molar-refractivity contribution in [2.24, 2.45) is 5.73 Å². The van der Waals surface area contributed by atoms with Crippen molar-refractivity contribution < 1.29 is 9.28 Å². The molecule has 0 spiro atoms. The Kier molecular flexibility index (Phi) is 5.50. The van der Waals surface area contributed by atoms with Gasteiger partial charge in [0.1, 0.15) is 5.41 Å². The quantitative estimate of drug-likeness (QED) is 0.810. The van der Waals surface area contributed by atoms with E-state index in [1.165, 1.54) is 11.5 Å². The molecule has 0 unspecified atom stereocenters. The summed E-state index contributed by atoms with van der Waals surface area (Å²) >= 11 is 2.02. The molecule has 3 rings (SSSR count). The predicted molar refractivity (Wildman–Crippen MR) is 106 cm³/mol. The zero-order valence-corrected chi connectivity index (χ0v) is 15.7. The van der Waals surface area contributed by atoms with Gasteiger partial charge in [-0.2, -0.15) is 11.8 Å². The molecule has 1 amide bonds. The molecule has 1 heterocycles. The van der Waals surface area contributed by atoms with E-state index in [1.807, 2.05) is 72.4 Å². The Morgan fingerprint density at radius 3 is 1.92 bits per heavy atom. The highest BCUT2D eigenvalue weighted by molar-refractivity contribution is 7.99. The number of rotatable bonds is 6. The van der Waals surface area contributed by atoms with Crippen molar-refractivity contribution in [3.63, 3.8) is 0 Å². The number of nitrogens with two attached hydrogens (primary N) is 1. The van der Waals surface area contributed by atoms with Crippen LogP contribution in [0.1, 0.15) is 17.5 Å². The summed E-state index contributed by atoms with van der Waals surface area (Å²) in [6, 6.07) is 20.0. The summed E-state index contributed by atoms with van der Waals surface area (Å²) in [7, 11) is 2.31. The highest BCUT2D eigenvalue weighted by Crippen LogP contribution is 2.36. The molecule has 3 nitrogen and oxygen atoms in total. The van der Waals surface area contributed by atoms with Gasteiger partial charge in [0.15, 0.2) is 0 Å². The Labute approximate surface area is 154 Å². The minimum absolute atomic E-state index is 0.261. The number of carbonyl (C=O) groups excluding carboxylic acids is 1. The van der Waals surface area contributed by atoms with E-state index in [9.17, 15) is 4.79 Å². The van der Waals surface area contributed by atoms with Crippen LogP contribution in [0.3, 0.4) is 0 Å². The summed E-state index contributed by atoms with van der Waals surface area (Å²) < 4.78 is 1.02. The number of hydrogen-bond donors (Lipinski definition) is 1. The molecule has 0 saturated carbocycles. The van der Waals surface area contributed by atoms with Crippen molar-refractivity contribution in [2.75, 3.05) is 38.2 Å². The lowest BCUT2D eigenvalue weighted by atomic mass is 9.71. The molecule has 0 radical (unpaired) electrons. The lowest BCUT2D eigenvalue weighted by Crippen LogP contribution is -2.53. The maximum Gasteiger partial charge on any atom is 0.232 e. The van der Waals surface area contributed by atoms with E-state index in [0.717, 1.165) is 41.7 Å². The van der Waals surface area contributed by atoms with Gasteiger partial charge in [-0.15, -0.1) is 0 Å². The van der Waals surface area contributed by atoms with Crippen LogP contribution in [0.5, 0.6) is 0 Å². The summed E-state index contributed by atoms with van der Waals surface area (Å²) in [6.45, 7) is 3.26. The summed E-state index contributed by atoms with van der Waals surface area (Å²) in [5.74, 6) is 2.12. The fraction of sp³-hybridized carbons (Fsp3) is 0.381. The maximum atomic E-state index is 12.8. The average molecular weight is 356 g/mol. The SMILES string of the molecule is C[N+]1(CCC(C(N)=O)(c2ccccc2)c2ccccc2)CCSCC1. The van der Waals surface area contributed by atoms with Crippen LogP contribution in [0.4, 0.5) is 0 Å². The Morgan fingerprint density at radius 1 is 1.00 bits per heavy atom. The molecular weight excluding hydrogens is 328 g/mol. The standard InChI is InChI=1S/C21H26N2OS/c1-23(14-16-25-17-15-23)13-12-21(20(22)24,18-8-4-2-5-9-18)19-10-6-3-7-11-19/h2-11H,12-17H2,1H3,(H-,22,24)/p+1. The fourth-order valence-electron chi connectivity index (χ4n) is 3.75. The van der Waals surface area contributed by atoms with Crippen LogP contribution < -0.4 is 5.73 Å². The molecule has 2 aromatic rings. The van der Waals surface area contributed by atoms with Crippen molar-refractivity contribution in [3.05, 3.63) is 71.8 Å². The highest BCUT2D eigenvalue weighted by Gasteiger charge is 2.42. The zero-order chi connectivity index (χ0) is 17.8. The molecule has 0 aliphatic carbocycles. The van der Waals surface area contributed by atoms with Gasteiger partial charge in [0.25, 0.3) is 0 Å². The Hall–Kier alpha value is -1.78. The van der Waals surface area contributed by atoms with Crippen molar-refractivity contribution in [1.29, 1.82) is 0 Å². The van der Waals surface area contributed by atoms with E-state index in [2.05, 4.69) is 7.05 Å². The predicted octanol–water partition coefficient (Wildman–Crippen LogP) is 3.04. The van der Waals surface area contributed by atoms with Crippen molar-refractivity contribution in [3.8, 4) is 0 Å². The minimum atomic E-state index is -0.769. The highest BCUT2D eigenvalue weighted by atomic mass is 32.2. The van der Waals surface area contributed by atoms with Gasteiger partial charge in [-0.25, -0.2) is 0 Å². The van der Waals surface area contributed by atoms with Gasteiger partial charge in [-0.3, -0.25) is 4.79 Å². The molecule has 132 valence electrons. The van der Waals surface area contributed by atoms with Crippen LogP contribution in [0.15, 0.2) is 60.7 Å².